The van der Waals surface area contributed by atoms with Gasteiger partial charge in [0.25, 0.3) is 5.91 Å². The van der Waals surface area contributed by atoms with Crippen molar-refractivity contribution in [1.82, 2.24) is 5.16 Å². The van der Waals surface area contributed by atoms with E-state index in [1.807, 2.05) is 30.3 Å². The fourth-order valence-corrected chi connectivity index (χ4v) is 2.54. The molecule has 0 atom stereocenters. The number of amides is 1. The van der Waals surface area contributed by atoms with E-state index in [0.29, 0.717) is 22.9 Å². The Morgan fingerprint density at radius 2 is 1.55 bits per heavy atom. The van der Waals surface area contributed by atoms with Gasteiger partial charge in [0.2, 0.25) is 0 Å². The Bertz CT molecular complexity index is 975. The van der Waals surface area contributed by atoms with Gasteiger partial charge in [-0.25, -0.2) is 0 Å². The highest BCUT2D eigenvalue weighted by Crippen LogP contribution is 2.23. The molecule has 1 amide bonds. The van der Waals surface area contributed by atoms with Crippen LogP contribution < -0.4 is 19.5 Å². The van der Waals surface area contributed by atoms with E-state index in [-0.39, 0.29) is 12.5 Å². The fourth-order valence-electron chi connectivity index (χ4n) is 2.54. The molecule has 2 aromatic carbocycles. The van der Waals surface area contributed by atoms with Gasteiger partial charge >= 0.3 is 0 Å². The van der Waals surface area contributed by atoms with Crippen LogP contribution in [0.4, 0.5) is 5.69 Å². The molecule has 7 heteroatoms. The molecule has 0 fully saturated rings. The fraction of sp³-hybridized carbons (Fsp3) is 0.182. The Morgan fingerprint density at radius 3 is 2.17 bits per heavy atom. The van der Waals surface area contributed by atoms with Gasteiger partial charge in [-0.1, -0.05) is 23.4 Å². The second-order valence-corrected chi connectivity index (χ2v) is 6.12. The predicted octanol–water partition coefficient (Wildman–Crippen LogP) is 4.19. The van der Waals surface area contributed by atoms with E-state index in [0.717, 1.165) is 17.1 Å². The van der Waals surface area contributed by atoms with Crippen molar-refractivity contribution in [3.05, 3.63) is 65.5 Å². The molecule has 0 spiro atoms. The van der Waals surface area contributed by atoms with Gasteiger partial charge in [-0.15, -0.1) is 0 Å². The minimum absolute atomic E-state index is 0.140. The quantitative estimate of drug-likeness (QED) is 0.617. The van der Waals surface area contributed by atoms with Crippen LogP contribution in [0.25, 0.3) is 12.2 Å². The van der Waals surface area contributed by atoms with Crippen LogP contribution in [0.1, 0.15) is 17.0 Å². The van der Waals surface area contributed by atoms with Crippen molar-refractivity contribution >= 4 is 23.7 Å². The van der Waals surface area contributed by atoms with Gasteiger partial charge in [0.1, 0.15) is 28.6 Å². The summed E-state index contributed by atoms with van der Waals surface area (Å²) in [7, 11) is 3.21. The molecule has 7 nitrogen and oxygen atoms in total. The van der Waals surface area contributed by atoms with Crippen molar-refractivity contribution in [2.75, 3.05) is 26.1 Å². The molecule has 29 heavy (non-hydrogen) atoms. The van der Waals surface area contributed by atoms with Gasteiger partial charge < -0.3 is 24.1 Å². The van der Waals surface area contributed by atoms with Gasteiger partial charge in [0.15, 0.2) is 12.4 Å². The molecule has 0 unspecified atom stereocenters. The lowest BCUT2D eigenvalue weighted by Gasteiger charge is -2.08. The predicted molar refractivity (Wildman–Crippen MR) is 110 cm³/mol. The Kier molecular flexibility index (Phi) is 6.52. The number of aryl methyl sites for hydroxylation is 1. The monoisotopic (exact) mass is 394 g/mol. The summed E-state index contributed by atoms with van der Waals surface area (Å²) >= 11 is 0. The first-order valence-electron chi connectivity index (χ1n) is 8.94. The van der Waals surface area contributed by atoms with Crippen LogP contribution >= 0.6 is 0 Å². The smallest absolute Gasteiger partial charge is 0.262 e. The molecule has 150 valence electrons. The Balaban J connectivity index is 1.62. The van der Waals surface area contributed by atoms with Crippen molar-refractivity contribution in [3.63, 3.8) is 0 Å². The number of nitrogens with one attached hydrogen (secondary N) is 1. The number of methoxy groups -OCH3 is 2. The van der Waals surface area contributed by atoms with E-state index < -0.39 is 0 Å². The molecule has 1 heterocycles. The second kappa shape index (κ2) is 9.45. The van der Waals surface area contributed by atoms with Crippen LogP contribution in [-0.4, -0.2) is 31.9 Å². The molecular formula is C22H22N2O5. The average molecular weight is 394 g/mol. The van der Waals surface area contributed by atoms with Crippen molar-refractivity contribution < 1.29 is 23.5 Å². The SMILES string of the molecule is COc1ccc(/C=C/c2noc(C)c2NC(=O)COc2ccc(OC)cc2)cc1. The number of carbonyl (C=O) groups excluding carboxylic acids is 1. The molecule has 0 aliphatic rings. The maximum Gasteiger partial charge on any atom is 0.262 e. The minimum Gasteiger partial charge on any atom is -0.497 e. The summed E-state index contributed by atoms with van der Waals surface area (Å²) in [6.07, 6.45) is 3.65. The first-order valence-corrected chi connectivity index (χ1v) is 8.94. The number of ether oxygens (including phenoxy) is 3. The lowest BCUT2D eigenvalue weighted by Crippen LogP contribution is -2.20. The highest BCUT2D eigenvalue weighted by Gasteiger charge is 2.14. The highest BCUT2D eigenvalue weighted by atomic mass is 16.5. The molecule has 0 radical (unpaired) electrons. The van der Waals surface area contributed by atoms with Crippen molar-refractivity contribution in [1.29, 1.82) is 0 Å². The number of anilines is 1. The number of carbonyl (C=O) groups is 1. The van der Waals surface area contributed by atoms with E-state index in [1.165, 1.54) is 0 Å². The van der Waals surface area contributed by atoms with Crippen LogP contribution in [0.2, 0.25) is 0 Å². The first-order chi connectivity index (χ1) is 14.1. The average Bonchev–Trinajstić information content (AvgIpc) is 3.10. The molecule has 0 saturated heterocycles. The number of aromatic nitrogens is 1. The summed E-state index contributed by atoms with van der Waals surface area (Å²) in [5.74, 6) is 2.27. The normalized spacial score (nSPS) is 10.7. The molecule has 3 rings (SSSR count). The first kappa shape index (κ1) is 20.0. The number of rotatable bonds is 8. The molecule has 0 bridgehead atoms. The zero-order valence-electron chi connectivity index (χ0n) is 16.5. The van der Waals surface area contributed by atoms with Crippen LogP contribution in [0.3, 0.4) is 0 Å². The van der Waals surface area contributed by atoms with E-state index in [1.54, 1.807) is 51.5 Å². The summed E-state index contributed by atoms with van der Waals surface area (Å²) in [5.41, 5.74) is 2.00. The lowest BCUT2D eigenvalue weighted by molar-refractivity contribution is -0.118. The number of hydrogen-bond donors (Lipinski definition) is 1. The Morgan fingerprint density at radius 1 is 0.966 bits per heavy atom. The third-order valence-electron chi connectivity index (χ3n) is 4.13. The van der Waals surface area contributed by atoms with Gasteiger partial charge in [0, 0.05) is 0 Å². The van der Waals surface area contributed by atoms with Crippen LogP contribution in [0.5, 0.6) is 17.2 Å². The van der Waals surface area contributed by atoms with E-state index in [2.05, 4.69) is 10.5 Å². The molecule has 0 aliphatic heterocycles. The molecule has 0 aliphatic carbocycles. The van der Waals surface area contributed by atoms with E-state index >= 15 is 0 Å². The summed E-state index contributed by atoms with van der Waals surface area (Å²) < 4.78 is 21.0. The van der Waals surface area contributed by atoms with Gasteiger partial charge in [-0.05, 0) is 55.0 Å². The van der Waals surface area contributed by atoms with Gasteiger partial charge in [-0.3, -0.25) is 4.79 Å². The zero-order valence-corrected chi connectivity index (χ0v) is 16.5. The highest BCUT2D eigenvalue weighted by molar-refractivity contribution is 5.94. The molecule has 0 saturated carbocycles. The number of nitrogens with zero attached hydrogens (tertiary/aromatic N) is 1. The molecule has 1 N–H and O–H groups in total. The van der Waals surface area contributed by atoms with E-state index in [9.17, 15) is 4.79 Å². The van der Waals surface area contributed by atoms with Crippen LogP contribution in [0.15, 0.2) is 53.1 Å². The van der Waals surface area contributed by atoms with Crippen molar-refractivity contribution in [2.24, 2.45) is 0 Å². The summed E-state index contributed by atoms with van der Waals surface area (Å²) in [6, 6.07) is 14.6. The summed E-state index contributed by atoms with van der Waals surface area (Å²) in [4.78, 5) is 12.3. The minimum atomic E-state index is -0.314. The largest absolute Gasteiger partial charge is 0.497 e. The van der Waals surface area contributed by atoms with Crippen molar-refractivity contribution in [3.8, 4) is 17.2 Å². The zero-order chi connectivity index (χ0) is 20.6. The summed E-state index contributed by atoms with van der Waals surface area (Å²) in [6.45, 7) is 1.59. The molecule has 1 aromatic heterocycles. The number of hydrogen-bond acceptors (Lipinski definition) is 6. The maximum absolute atomic E-state index is 12.3. The molecular weight excluding hydrogens is 372 g/mol. The van der Waals surface area contributed by atoms with Crippen LogP contribution in [-0.2, 0) is 4.79 Å². The maximum atomic E-state index is 12.3. The molecule has 3 aromatic rings. The van der Waals surface area contributed by atoms with E-state index in [4.69, 9.17) is 18.7 Å². The Labute approximate surface area is 168 Å². The topological polar surface area (TPSA) is 82.8 Å². The van der Waals surface area contributed by atoms with Gasteiger partial charge in [0.05, 0.1) is 14.2 Å². The van der Waals surface area contributed by atoms with Crippen molar-refractivity contribution in [2.45, 2.75) is 6.92 Å². The Hall–Kier alpha value is -3.74. The summed E-state index contributed by atoms with van der Waals surface area (Å²) in [5, 5.41) is 6.79. The third-order valence-corrected chi connectivity index (χ3v) is 4.13. The second-order valence-electron chi connectivity index (χ2n) is 6.12. The number of benzene rings is 2. The standard InChI is InChI=1S/C22H22N2O5/c1-15-22(23-21(25)14-28-19-11-9-18(27-3)10-12-19)20(24-29-15)13-6-16-4-7-17(26-2)8-5-16/h4-13H,14H2,1-3H3,(H,23,25)/b13-6+. The lowest BCUT2D eigenvalue weighted by atomic mass is 10.2. The van der Waals surface area contributed by atoms with Gasteiger partial charge in [-0.2, -0.15) is 0 Å². The third kappa shape index (κ3) is 5.38. The van der Waals surface area contributed by atoms with Crippen LogP contribution in [0, 0.1) is 6.92 Å².